The summed E-state index contributed by atoms with van der Waals surface area (Å²) in [5.41, 5.74) is 2.85. The minimum absolute atomic E-state index is 0.0362. The fraction of sp³-hybridized carbons (Fsp3) is 0.406. The second-order valence-electron chi connectivity index (χ2n) is 33.6. The highest BCUT2D eigenvalue weighted by Gasteiger charge is 2.48. The van der Waals surface area contributed by atoms with E-state index in [1.54, 1.807) is 66.9 Å². The third-order valence-electron chi connectivity index (χ3n) is 23.6. The number of aromatic nitrogens is 1. The molecule has 1 aliphatic carbocycles. The number of halogens is 5. The van der Waals surface area contributed by atoms with Crippen LogP contribution in [0, 0.1) is 11.6 Å². The SMILES string of the molecule is CCCCOc1ccc([C@@H]2CC(c3ccc(CC)s3)=C(N3N=NCC3=O)C(=O)N2)c(Cl)c1.CCCCOc1ccc([C@]2(C)CC(c3ccc(C(F)F)cc3)=C(N3N=NCC3=O)C(=O)N2)c(F)c1.CCCCOc1ccc([C@]2(C)CC(c3ccc(CC)s3)=C(N3N=NCC3=O)C(=O)N2)cc1.CCCCOc1ccc([C@]2(C)CC(c3ncc(C4CC4)s3)=C(N3N=NCC3=O)C(=O)N2)c(F)c1. The van der Waals surface area contributed by atoms with Crippen LogP contribution in [-0.2, 0) is 67.8 Å². The van der Waals surface area contributed by atoms with Gasteiger partial charge in [-0.2, -0.15) is 40.5 Å². The average Bonchev–Trinajstić information content (AvgIpc) is 1.75. The van der Waals surface area contributed by atoms with Crippen molar-refractivity contribution in [3.05, 3.63) is 236 Å². The van der Waals surface area contributed by atoms with Crippen molar-refractivity contribution in [2.24, 2.45) is 41.4 Å². The summed E-state index contributed by atoms with van der Waals surface area (Å²) in [5, 5.41) is 47.8. The molecule has 17 rings (SSSR count). The number of carbonyl (C=O) groups is 8. The predicted octanol–water partition coefficient (Wildman–Crippen LogP) is 20.2. The van der Waals surface area contributed by atoms with Gasteiger partial charge in [-0.1, -0.05) is 154 Å². The third kappa shape index (κ3) is 22.2. The molecule has 5 aromatic carbocycles. The normalized spacial score (nSPS) is 20.5. The highest BCUT2D eigenvalue weighted by atomic mass is 35.5. The summed E-state index contributed by atoms with van der Waals surface area (Å²) in [6.07, 6.45) is 12.4. The van der Waals surface area contributed by atoms with E-state index >= 15 is 8.78 Å². The fourth-order valence-electron chi connectivity index (χ4n) is 16.2. The van der Waals surface area contributed by atoms with Gasteiger partial charge >= 0.3 is 0 Å². The summed E-state index contributed by atoms with van der Waals surface area (Å²) in [5.74, 6) is -1.50. The zero-order chi connectivity index (χ0) is 94.4. The van der Waals surface area contributed by atoms with Gasteiger partial charge in [0.2, 0.25) is 0 Å². The molecule has 3 aromatic heterocycles. The van der Waals surface area contributed by atoms with Crippen molar-refractivity contribution in [1.82, 2.24) is 46.3 Å². The smallest absolute Gasteiger partial charge is 0.272 e. The topological polar surface area (TPSA) is 346 Å². The number of alkyl halides is 2. The van der Waals surface area contributed by atoms with Gasteiger partial charge in [-0.3, -0.25) is 38.4 Å². The van der Waals surface area contributed by atoms with Gasteiger partial charge in [0, 0.05) is 107 Å². The van der Waals surface area contributed by atoms with Crippen LogP contribution >= 0.6 is 45.6 Å². The third-order valence-corrected chi connectivity index (χ3v) is 27.7. The number of hydrogen-bond donors (Lipinski definition) is 4. The second-order valence-corrected chi connectivity index (χ2v) is 37.4. The first-order chi connectivity index (χ1) is 64.1. The van der Waals surface area contributed by atoms with E-state index in [2.05, 4.69) is 114 Å². The standard InChI is InChI=1S/C25H25F3N4O3.C24H26FN5O3S.C24H28N4O3S.C23H25ClN4O3S/c1-3-4-11-35-17-9-10-19(20(26)12-17)25(2)13-18(15-5-7-16(8-6-15)23(27)28)22(24(34)30-25)32-21(33)14-29-31-32;1-3-4-9-33-15-7-8-17(18(25)10-15)24(2)11-16(23-26-12-19(34-23)14-5-6-14)21(22(32)28-24)30-20(31)13-27-29-30;1-4-6-13-31-17-9-7-16(8-10-17)24(3)14-19(20-12-11-18(5-2)32-20)22(23(30)26-24)28-21(29)15-25-27-28;1-3-5-10-31-14-6-8-16(18(24)11-14)19-12-17(20-9-7-15(4-2)32-20)22(23(30)26-19)28-21(29)13-25-27-28/h5-10,12,23H,3-4,11,13-14H2,1-2H3,(H,30,34);7-8,10,12,14H,3-6,9,11,13H2,1-2H3,(H,28,32);7-12H,4-6,13-15H2,1-3H3,(H,26,30);6-9,11,19H,3-5,10,12-13H2,1-2H3,(H,26,30)/t25-;2*24-;19-/m0000/s1. The maximum absolute atomic E-state index is 15.3. The van der Waals surface area contributed by atoms with Crippen LogP contribution in [0.1, 0.15) is 233 Å². The first-order valence-electron chi connectivity index (χ1n) is 44.7. The number of ether oxygens (including phenoxy) is 4. The number of carbonyl (C=O) groups excluding carboxylic acids is 8. The van der Waals surface area contributed by atoms with Crippen LogP contribution < -0.4 is 40.2 Å². The maximum atomic E-state index is 15.3. The van der Waals surface area contributed by atoms with Gasteiger partial charge in [0.15, 0.2) is 0 Å². The van der Waals surface area contributed by atoms with Crippen molar-refractivity contribution < 1.29 is 74.9 Å². The summed E-state index contributed by atoms with van der Waals surface area (Å²) in [6, 6.07) is 35.9. The number of nitrogens with one attached hydrogen (secondary N) is 4. The molecule has 11 heterocycles. The Bertz CT molecular complexity index is 6010. The molecule has 8 amide bonds. The van der Waals surface area contributed by atoms with Gasteiger partial charge < -0.3 is 40.2 Å². The van der Waals surface area contributed by atoms with Crippen molar-refractivity contribution in [3.63, 3.8) is 0 Å². The maximum Gasteiger partial charge on any atom is 0.272 e. The number of nitrogens with zero attached hydrogens (tertiary/aromatic N) is 13. The molecule has 4 atom stereocenters. The number of hydrogen-bond acceptors (Lipinski definition) is 24. The van der Waals surface area contributed by atoms with Crippen LogP contribution in [-0.4, -0.2) is 125 Å². The van der Waals surface area contributed by atoms with Crippen molar-refractivity contribution in [2.75, 3.05) is 52.6 Å². The number of thiazole rings is 1. The highest BCUT2D eigenvalue weighted by molar-refractivity contribution is 7.13. The lowest BCUT2D eigenvalue weighted by atomic mass is 9.79. The fourth-order valence-corrected chi connectivity index (χ4v) is 19.6. The van der Waals surface area contributed by atoms with Gasteiger partial charge in [-0.05, 0) is 161 Å². The lowest BCUT2D eigenvalue weighted by molar-refractivity contribution is -0.130. The van der Waals surface area contributed by atoms with Gasteiger partial charge in [-0.25, -0.2) is 22.5 Å². The van der Waals surface area contributed by atoms with E-state index in [1.165, 1.54) is 57.5 Å². The molecule has 1 fully saturated rings. The Morgan fingerprint density at radius 1 is 0.459 bits per heavy atom. The largest absolute Gasteiger partial charge is 0.494 e. The van der Waals surface area contributed by atoms with E-state index in [9.17, 15) is 47.1 Å². The number of aryl methyl sites for hydroxylation is 2. The molecule has 0 spiro atoms. The minimum Gasteiger partial charge on any atom is -0.494 e. The summed E-state index contributed by atoms with van der Waals surface area (Å²) < 4.78 is 79.4. The molecular weight excluding hydrogens is 1790 g/mol. The molecule has 9 aliphatic rings. The minimum atomic E-state index is -2.65. The van der Waals surface area contributed by atoms with Crippen LogP contribution in [0.15, 0.2) is 198 Å². The van der Waals surface area contributed by atoms with E-state index in [0.29, 0.717) is 94.7 Å². The Hall–Kier alpha value is -12.5. The van der Waals surface area contributed by atoms with Crippen LogP contribution in [0.4, 0.5) is 17.6 Å². The van der Waals surface area contributed by atoms with E-state index in [0.717, 1.165) is 140 Å². The molecular formula is C96H104ClF4N17O12S3. The van der Waals surface area contributed by atoms with Crippen LogP contribution in [0.2, 0.25) is 5.02 Å². The molecule has 0 unspecified atom stereocenters. The molecule has 133 heavy (non-hydrogen) atoms. The first kappa shape index (κ1) is 96.5. The average molecular weight is 1900 g/mol. The summed E-state index contributed by atoms with van der Waals surface area (Å²) in [7, 11) is 0. The van der Waals surface area contributed by atoms with Crippen LogP contribution in [0.25, 0.3) is 22.3 Å². The summed E-state index contributed by atoms with van der Waals surface area (Å²) in [4.78, 5) is 113. The molecule has 37 heteroatoms. The molecule has 8 aromatic rings. The number of thiophene rings is 2. The molecule has 1 saturated carbocycles. The first-order valence-corrected chi connectivity index (χ1v) is 47.5. The van der Waals surface area contributed by atoms with Gasteiger partial charge in [-0.15, -0.1) is 34.0 Å². The van der Waals surface area contributed by atoms with Gasteiger partial charge in [0.1, 0.15) is 88.6 Å². The van der Waals surface area contributed by atoms with E-state index in [1.807, 2.05) is 68.6 Å². The number of rotatable bonds is 32. The lowest BCUT2D eigenvalue weighted by Crippen LogP contribution is -2.51. The van der Waals surface area contributed by atoms with E-state index in [-0.39, 0.29) is 109 Å². The monoisotopic (exact) mass is 1890 g/mol. The number of benzene rings is 5. The molecule has 8 aliphatic heterocycles. The van der Waals surface area contributed by atoms with Crippen molar-refractivity contribution in [1.29, 1.82) is 0 Å². The van der Waals surface area contributed by atoms with E-state index < -0.39 is 52.4 Å². The highest BCUT2D eigenvalue weighted by Crippen LogP contribution is 2.50. The van der Waals surface area contributed by atoms with Crippen LogP contribution in [0.5, 0.6) is 23.0 Å². The quantitative estimate of drug-likeness (QED) is 0.0225. The molecule has 29 nitrogen and oxygen atoms in total. The van der Waals surface area contributed by atoms with Gasteiger partial charge in [0.25, 0.3) is 53.7 Å². The second kappa shape index (κ2) is 43.0. The summed E-state index contributed by atoms with van der Waals surface area (Å²) in [6.45, 7) is 19.9. The lowest BCUT2D eigenvalue weighted by Gasteiger charge is -2.38. The predicted molar refractivity (Wildman–Crippen MR) is 495 cm³/mol. The zero-order valence-electron chi connectivity index (χ0n) is 75.2. The van der Waals surface area contributed by atoms with Crippen molar-refractivity contribution >= 4 is 115 Å². The Labute approximate surface area is 784 Å². The zero-order valence-corrected chi connectivity index (χ0v) is 78.4. The Morgan fingerprint density at radius 2 is 0.865 bits per heavy atom. The molecule has 698 valence electrons. The number of amides is 8. The number of unbranched alkanes of at least 4 members (excludes halogenated alkanes) is 4. The van der Waals surface area contributed by atoms with Crippen molar-refractivity contribution in [3.8, 4) is 23.0 Å². The Balaban J connectivity index is 0.000000143. The Morgan fingerprint density at radius 3 is 1.29 bits per heavy atom. The molecule has 0 radical (unpaired) electrons. The van der Waals surface area contributed by atoms with Crippen LogP contribution in [0.3, 0.4) is 0 Å². The van der Waals surface area contributed by atoms with Gasteiger partial charge in [0.05, 0.1) is 49.1 Å². The molecule has 0 saturated heterocycles. The Kier molecular flexibility index (Phi) is 31.2. The molecule has 4 N–H and O–H groups in total. The van der Waals surface area contributed by atoms with Crippen molar-refractivity contribution in [2.45, 2.75) is 200 Å². The van der Waals surface area contributed by atoms with E-state index in [4.69, 9.17) is 30.5 Å². The summed E-state index contributed by atoms with van der Waals surface area (Å²) >= 11 is 11.4. The molecule has 0 bridgehead atoms.